The Morgan fingerprint density at radius 2 is 1.93 bits per heavy atom. The van der Waals surface area contributed by atoms with Crippen molar-refractivity contribution in [2.45, 2.75) is 12.6 Å². The Labute approximate surface area is 174 Å². The molecule has 2 aromatic carbocycles. The van der Waals surface area contributed by atoms with Crippen LogP contribution in [0.25, 0.3) is 0 Å². The minimum atomic E-state index is -0.333. The summed E-state index contributed by atoms with van der Waals surface area (Å²) in [4.78, 5) is 28.2. The second-order valence-corrected chi connectivity index (χ2v) is 8.00. The van der Waals surface area contributed by atoms with E-state index in [1.165, 1.54) is 0 Å². The number of anilines is 1. The highest BCUT2D eigenvalue weighted by molar-refractivity contribution is 5.98. The van der Waals surface area contributed by atoms with E-state index >= 15 is 0 Å². The zero-order valence-electron chi connectivity index (χ0n) is 16.7. The summed E-state index contributed by atoms with van der Waals surface area (Å²) < 4.78 is 10.7. The number of piperidine rings is 1. The van der Waals surface area contributed by atoms with E-state index in [1.807, 2.05) is 55.6 Å². The van der Waals surface area contributed by atoms with Crippen LogP contribution in [0.2, 0.25) is 0 Å². The van der Waals surface area contributed by atoms with Gasteiger partial charge < -0.3 is 19.7 Å². The number of hydrazine groups is 1. The predicted molar refractivity (Wildman–Crippen MR) is 110 cm³/mol. The maximum Gasteiger partial charge on any atom is 0.247 e. The van der Waals surface area contributed by atoms with Gasteiger partial charge in [-0.15, -0.1) is 0 Å². The van der Waals surface area contributed by atoms with Crippen LogP contribution in [0.15, 0.2) is 48.5 Å². The Morgan fingerprint density at radius 1 is 1.13 bits per heavy atom. The first-order valence-corrected chi connectivity index (χ1v) is 10.1. The van der Waals surface area contributed by atoms with Crippen LogP contribution in [-0.2, 0) is 16.1 Å². The monoisotopic (exact) mass is 408 g/mol. The molecule has 3 aliphatic heterocycles. The van der Waals surface area contributed by atoms with E-state index in [4.69, 9.17) is 9.47 Å². The first kappa shape index (κ1) is 18.9. The third-order valence-corrected chi connectivity index (χ3v) is 5.95. The van der Waals surface area contributed by atoms with Crippen LogP contribution in [0.3, 0.4) is 0 Å². The molecule has 0 radical (unpaired) electrons. The molecule has 0 spiro atoms. The Hall–Kier alpha value is -3.10. The van der Waals surface area contributed by atoms with Crippen molar-refractivity contribution < 1.29 is 19.1 Å². The molecule has 156 valence electrons. The van der Waals surface area contributed by atoms with Crippen LogP contribution in [0.1, 0.15) is 5.56 Å². The van der Waals surface area contributed by atoms with E-state index in [-0.39, 0.29) is 36.5 Å². The lowest BCUT2D eigenvalue weighted by Gasteiger charge is -2.36. The molecule has 5 rings (SSSR count). The fourth-order valence-electron chi connectivity index (χ4n) is 4.44. The Bertz CT molecular complexity index is 967. The molecule has 2 aromatic rings. The standard InChI is InChI=1S/C22H24N4O4/c1-25-11-16(21(27)23-10-14-7-8-18-19(9-14)30-13-29-18)20-17(12-25)22(28)26(24-20)15-5-3-2-4-6-15/h2-9,16-17,20,24H,10-13H2,1H3,(H,23,27). The Morgan fingerprint density at radius 3 is 2.77 bits per heavy atom. The van der Waals surface area contributed by atoms with Crippen LogP contribution in [0, 0.1) is 11.8 Å². The molecule has 0 aromatic heterocycles. The first-order chi connectivity index (χ1) is 14.6. The second-order valence-electron chi connectivity index (χ2n) is 8.00. The molecule has 0 bridgehead atoms. The van der Waals surface area contributed by atoms with Gasteiger partial charge in [0.1, 0.15) is 0 Å². The molecule has 3 atom stereocenters. The van der Waals surface area contributed by atoms with E-state index in [9.17, 15) is 9.59 Å². The smallest absolute Gasteiger partial charge is 0.247 e. The molecule has 3 heterocycles. The normalized spacial score (nSPS) is 25.3. The number of hydrogen-bond donors (Lipinski definition) is 2. The minimum absolute atomic E-state index is 0.00585. The summed E-state index contributed by atoms with van der Waals surface area (Å²) in [6.07, 6.45) is 0. The van der Waals surface area contributed by atoms with Gasteiger partial charge in [0.2, 0.25) is 18.6 Å². The zero-order chi connectivity index (χ0) is 20.7. The number of carbonyl (C=O) groups excluding carboxylic acids is 2. The van der Waals surface area contributed by atoms with Crippen LogP contribution < -0.4 is 25.2 Å². The third-order valence-electron chi connectivity index (χ3n) is 5.95. The van der Waals surface area contributed by atoms with Gasteiger partial charge >= 0.3 is 0 Å². The molecule has 2 saturated heterocycles. The lowest BCUT2D eigenvalue weighted by molar-refractivity contribution is -0.129. The average molecular weight is 408 g/mol. The van der Waals surface area contributed by atoms with Gasteiger partial charge in [-0.05, 0) is 36.9 Å². The van der Waals surface area contributed by atoms with Gasteiger partial charge in [0.15, 0.2) is 11.5 Å². The van der Waals surface area contributed by atoms with Crippen LogP contribution >= 0.6 is 0 Å². The Balaban J connectivity index is 1.29. The van der Waals surface area contributed by atoms with Crippen LogP contribution in [0.4, 0.5) is 5.69 Å². The molecule has 0 saturated carbocycles. The number of carbonyl (C=O) groups is 2. The number of likely N-dealkylation sites (tertiary alicyclic amines) is 1. The fraction of sp³-hybridized carbons (Fsp3) is 0.364. The Kier molecular flexibility index (Phi) is 4.80. The zero-order valence-corrected chi connectivity index (χ0v) is 16.7. The van der Waals surface area contributed by atoms with E-state index < -0.39 is 0 Å². The molecule has 30 heavy (non-hydrogen) atoms. The van der Waals surface area contributed by atoms with E-state index in [0.29, 0.717) is 25.4 Å². The number of amides is 2. The minimum Gasteiger partial charge on any atom is -0.454 e. The molecule has 0 aliphatic carbocycles. The molecule has 8 heteroatoms. The van der Waals surface area contributed by atoms with Crippen molar-refractivity contribution in [1.29, 1.82) is 0 Å². The van der Waals surface area contributed by atoms with Crippen molar-refractivity contribution in [3.8, 4) is 11.5 Å². The van der Waals surface area contributed by atoms with E-state index in [2.05, 4.69) is 15.6 Å². The van der Waals surface area contributed by atoms with Gasteiger partial charge in [-0.2, -0.15) is 0 Å². The van der Waals surface area contributed by atoms with Gasteiger partial charge in [-0.3, -0.25) is 9.59 Å². The number of benzene rings is 2. The number of para-hydroxylation sites is 1. The van der Waals surface area contributed by atoms with Crippen molar-refractivity contribution in [3.05, 3.63) is 54.1 Å². The summed E-state index contributed by atoms with van der Waals surface area (Å²) >= 11 is 0. The summed E-state index contributed by atoms with van der Waals surface area (Å²) in [5.41, 5.74) is 5.03. The maximum absolute atomic E-state index is 13.1. The summed E-state index contributed by atoms with van der Waals surface area (Å²) in [6, 6.07) is 14.9. The average Bonchev–Trinajstić information content (AvgIpc) is 3.36. The number of nitrogens with one attached hydrogen (secondary N) is 2. The summed E-state index contributed by atoms with van der Waals surface area (Å²) in [5, 5.41) is 4.62. The van der Waals surface area contributed by atoms with Crippen molar-refractivity contribution in [1.82, 2.24) is 15.6 Å². The quantitative estimate of drug-likeness (QED) is 0.789. The number of fused-ring (bicyclic) bond motifs is 2. The van der Waals surface area contributed by atoms with E-state index in [1.54, 1.807) is 5.01 Å². The molecule has 8 nitrogen and oxygen atoms in total. The number of rotatable bonds is 4. The van der Waals surface area contributed by atoms with Crippen molar-refractivity contribution >= 4 is 17.5 Å². The van der Waals surface area contributed by atoms with Gasteiger partial charge in [0.25, 0.3) is 0 Å². The highest BCUT2D eigenvalue weighted by Crippen LogP contribution is 2.33. The van der Waals surface area contributed by atoms with Crippen LogP contribution in [-0.4, -0.2) is 49.7 Å². The molecular formula is C22H24N4O4. The molecular weight excluding hydrogens is 384 g/mol. The molecule has 3 aliphatic rings. The van der Waals surface area contributed by atoms with Crippen molar-refractivity contribution in [2.75, 3.05) is 31.9 Å². The fourth-order valence-corrected chi connectivity index (χ4v) is 4.44. The number of hydrogen-bond acceptors (Lipinski definition) is 6. The summed E-state index contributed by atoms with van der Waals surface area (Å²) in [6.45, 7) is 1.84. The first-order valence-electron chi connectivity index (χ1n) is 10.1. The predicted octanol–water partition coefficient (Wildman–Crippen LogP) is 1.13. The lowest BCUT2D eigenvalue weighted by Crippen LogP contribution is -2.56. The summed E-state index contributed by atoms with van der Waals surface area (Å²) in [7, 11) is 1.95. The van der Waals surface area contributed by atoms with Gasteiger partial charge in [-0.25, -0.2) is 10.4 Å². The van der Waals surface area contributed by atoms with Crippen LogP contribution in [0.5, 0.6) is 11.5 Å². The van der Waals surface area contributed by atoms with Gasteiger partial charge in [0, 0.05) is 19.6 Å². The van der Waals surface area contributed by atoms with E-state index in [0.717, 1.165) is 17.0 Å². The SMILES string of the molecule is CN1CC(C(=O)NCc2ccc3c(c2)OCO3)C2NN(c3ccccc3)C(=O)C2C1. The number of ether oxygens (including phenoxy) is 2. The highest BCUT2D eigenvalue weighted by atomic mass is 16.7. The second kappa shape index (κ2) is 7.62. The maximum atomic E-state index is 13.1. The van der Waals surface area contributed by atoms with Gasteiger partial charge in [-0.1, -0.05) is 24.3 Å². The lowest BCUT2D eigenvalue weighted by atomic mass is 9.84. The van der Waals surface area contributed by atoms with Crippen molar-refractivity contribution in [2.24, 2.45) is 11.8 Å². The molecule has 3 unspecified atom stereocenters. The largest absolute Gasteiger partial charge is 0.454 e. The topological polar surface area (TPSA) is 83.1 Å². The summed E-state index contributed by atoms with van der Waals surface area (Å²) in [5.74, 6) is 0.763. The van der Waals surface area contributed by atoms with Crippen molar-refractivity contribution in [3.63, 3.8) is 0 Å². The third kappa shape index (κ3) is 3.38. The molecule has 2 amide bonds. The molecule has 2 fully saturated rings. The number of nitrogens with zero attached hydrogens (tertiary/aromatic N) is 2. The molecule has 2 N–H and O–H groups in total. The van der Waals surface area contributed by atoms with Gasteiger partial charge in [0.05, 0.1) is 23.6 Å². The highest BCUT2D eigenvalue weighted by Gasteiger charge is 2.50.